The number of nitrogens with one attached hydrogen (secondary N) is 2. The number of benzene rings is 2. The van der Waals surface area contributed by atoms with Crippen LogP contribution in [0.5, 0.6) is 0 Å². The Bertz CT molecular complexity index is 1430. The molecule has 0 bridgehead atoms. The largest absolute Gasteiger partial charge is 0.490 e. The lowest BCUT2D eigenvalue weighted by Gasteiger charge is -2.25. The molecule has 1 fully saturated rings. The van der Waals surface area contributed by atoms with Gasteiger partial charge in [0.2, 0.25) is 0 Å². The van der Waals surface area contributed by atoms with Gasteiger partial charge in [-0.1, -0.05) is 29.4 Å². The lowest BCUT2D eigenvalue weighted by molar-refractivity contribution is -0.192. The van der Waals surface area contributed by atoms with Crippen LogP contribution in [-0.2, 0) is 30.2 Å². The predicted octanol–water partition coefficient (Wildman–Crippen LogP) is 6.34. The van der Waals surface area contributed by atoms with Crippen molar-refractivity contribution in [2.45, 2.75) is 69.4 Å². The Labute approximate surface area is 249 Å². The molecule has 0 saturated heterocycles. The molecule has 1 aliphatic rings. The van der Waals surface area contributed by atoms with Gasteiger partial charge < -0.3 is 25.4 Å². The van der Waals surface area contributed by atoms with Crippen molar-refractivity contribution in [3.63, 3.8) is 0 Å². The number of carboxylic acid groups (broad SMARTS) is 1. The van der Waals surface area contributed by atoms with E-state index in [1.54, 1.807) is 0 Å². The van der Waals surface area contributed by atoms with Gasteiger partial charge in [0, 0.05) is 30.3 Å². The fourth-order valence-corrected chi connectivity index (χ4v) is 4.31. The summed E-state index contributed by atoms with van der Waals surface area (Å²) in [7, 11) is 0. The van der Waals surface area contributed by atoms with Crippen LogP contribution >= 0.6 is 0 Å². The van der Waals surface area contributed by atoms with Crippen LogP contribution in [-0.4, -0.2) is 45.6 Å². The lowest BCUT2D eigenvalue weighted by atomic mass is 9.93. The second kappa shape index (κ2) is 14.3. The Morgan fingerprint density at radius 1 is 0.800 bits per heavy atom. The van der Waals surface area contributed by atoms with E-state index in [4.69, 9.17) is 14.4 Å². The Hall–Kier alpha value is -4.12. The van der Waals surface area contributed by atoms with Crippen LogP contribution in [0.15, 0.2) is 53.1 Å². The summed E-state index contributed by atoms with van der Waals surface area (Å²) in [6.07, 6.45) is -12.2. The third-order valence-corrected chi connectivity index (χ3v) is 6.66. The van der Waals surface area contributed by atoms with Crippen molar-refractivity contribution in [2.24, 2.45) is 0 Å². The highest BCUT2D eigenvalue weighted by Gasteiger charge is 2.38. The zero-order valence-electron chi connectivity index (χ0n) is 23.0. The van der Waals surface area contributed by atoms with Gasteiger partial charge in [-0.15, -0.1) is 0 Å². The van der Waals surface area contributed by atoms with Crippen molar-refractivity contribution in [1.82, 2.24) is 15.8 Å². The highest BCUT2D eigenvalue weighted by Crippen LogP contribution is 2.33. The summed E-state index contributed by atoms with van der Waals surface area (Å²) < 4.78 is 115. The van der Waals surface area contributed by atoms with Gasteiger partial charge in [0.15, 0.2) is 11.5 Å². The van der Waals surface area contributed by atoms with Crippen molar-refractivity contribution in [3.05, 3.63) is 76.5 Å². The molecule has 1 heterocycles. The smallest absolute Gasteiger partial charge is 0.475 e. The van der Waals surface area contributed by atoms with E-state index in [0.717, 1.165) is 24.3 Å². The molecule has 246 valence electrons. The molecule has 8 nitrogen and oxygen atoms in total. The molecule has 3 aromatic rings. The Balaban J connectivity index is 0.000000707. The van der Waals surface area contributed by atoms with Crippen molar-refractivity contribution in [3.8, 4) is 11.3 Å². The van der Waals surface area contributed by atoms with Crippen LogP contribution < -0.4 is 10.6 Å². The second-order valence-corrected chi connectivity index (χ2v) is 9.99. The molecule has 0 unspecified atom stereocenters. The number of carbonyl (C=O) groups is 2. The van der Waals surface area contributed by atoms with E-state index in [0.29, 0.717) is 36.8 Å². The van der Waals surface area contributed by atoms with Gasteiger partial charge in [-0.2, -0.15) is 39.5 Å². The van der Waals surface area contributed by atoms with E-state index in [1.165, 1.54) is 24.3 Å². The van der Waals surface area contributed by atoms with Gasteiger partial charge in [0.1, 0.15) is 0 Å². The number of halogens is 9. The summed E-state index contributed by atoms with van der Waals surface area (Å²) in [4.78, 5) is 21.9. The molecule has 0 atom stereocenters. The molecular formula is C28H26F9N3O5. The maximum absolute atomic E-state index is 13.0. The molecule has 45 heavy (non-hydrogen) atoms. The first-order valence-electron chi connectivity index (χ1n) is 13.2. The minimum absolute atomic E-state index is 0.00696. The van der Waals surface area contributed by atoms with Crippen molar-refractivity contribution in [2.75, 3.05) is 0 Å². The summed E-state index contributed by atoms with van der Waals surface area (Å²) in [5, 5.41) is 26.6. The quantitative estimate of drug-likeness (QED) is 0.219. The second-order valence-electron chi connectivity index (χ2n) is 9.99. The number of carbonyl (C=O) groups excluding carboxylic acids is 1. The molecule has 0 spiro atoms. The SMILES string of the molecule is O=C(NC1CCC(O)CC1)c1noc(-c2ccc(C(F)(F)F)cc2)c1CNCc1ccc(C(F)(F)F)cc1.O=C(O)C(F)(F)F. The molecule has 1 amide bonds. The van der Waals surface area contributed by atoms with Gasteiger partial charge in [-0.3, -0.25) is 4.79 Å². The minimum atomic E-state index is -5.08. The monoisotopic (exact) mass is 655 g/mol. The third kappa shape index (κ3) is 10.2. The highest BCUT2D eigenvalue weighted by molar-refractivity contribution is 5.95. The number of hydrogen-bond acceptors (Lipinski definition) is 6. The van der Waals surface area contributed by atoms with Crippen molar-refractivity contribution in [1.29, 1.82) is 0 Å². The van der Waals surface area contributed by atoms with E-state index in [1.807, 2.05) is 0 Å². The van der Waals surface area contributed by atoms with Crippen LogP contribution in [0.3, 0.4) is 0 Å². The molecule has 17 heteroatoms. The number of nitrogens with zero attached hydrogens (tertiary/aromatic N) is 1. The van der Waals surface area contributed by atoms with Crippen LogP contribution in [0.2, 0.25) is 0 Å². The molecule has 4 rings (SSSR count). The molecule has 1 aliphatic carbocycles. The number of aliphatic hydroxyl groups is 1. The zero-order chi connectivity index (χ0) is 33.6. The molecule has 1 saturated carbocycles. The average molecular weight is 656 g/mol. The normalized spacial score (nSPS) is 17.3. The van der Waals surface area contributed by atoms with E-state index >= 15 is 0 Å². The first-order valence-corrected chi connectivity index (χ1v) is 13.2. The summed E-state index contributed by atoms with van der Waals surface area (Å²) in [6.45, 7) is 0.157. The lowest BCUT2D eigenvalue weighted by Crippen LogP contribution is -2.39. The third-order valence-electron chi connectivity index (χ3n) is 6.66. The number of carboxylic acids is 1. The number of aromatic nitrogens is 1. The number of rotatable bonds is 7. The van der Waals surface area contributed by atoms with Crippen molar-refractivity contribution < 1.29 is 63.8 Å². The fourth-order valence-electron chi connectivity index (χ4n) is 4.31. The Kier molecular flexibility index (Phi) is 11.3. The number of aliphatic carboxylic acids is 1. The number of amides is 1. The first kappa shape index (κ1) is 35.4. The number of aliphatic hydroxyl groups excluding tert-OH is 1. The molecule has 0 aliphatic heterocycles. The standard InChI is InChI=1S/C26H25F6N3O3.C2HF3O2/c27-25(28,29)17-5-1-15(2-6-17)13-33-14-21-22(24(37)34-19-9-11-20(36)12-10-19)35-38-23(21)16-3-7-18(8-4-16)26(30,31)32;3-2(4,5)1(6)7/h1-8,19-20,33,36H,9-14H2,(H,34,37);(H,6,7). The Morgan fingerprint density at radius 3 is 1.76 bits per heavy atom. The Morgan fingerprint density at radius 2 is 1.29 bits per heavy atom. The van der Waals surface area contributed by atoms with E-state index < -0.39 is 47.6 Å². The van der Waals surface area contributed by atoms with Crippen LogP contribution in [0.25, 0.3) is 11.3 Å². The van der Waals surface area contributed by atoms with Crippen LogP contribution in [0.4, 0.5) is 39.5 Å². The highest BCUT2D eigenvalue weighted by atomic mass is 19.4. The molecule has 1 aromatic heterocycles. The first-order chi connectivity index (χ1) is 20.9. The van der Waals surface area contributed by atoms with Crippen LogP contribution in [0.1, 0.15) is 58.4 Å². The van der Waals surface area contributed by atoms with Crippen molar-refractivity contribution >= 4 is 11.9 Å². The van der Waals surface area contributed by atoms with Crippen LogP contribution in [0, 0.1) is 0 Å². The van der Waals surface area contributed by atoms with Gasteiger partial charge >= 0.3 is 24.5 Å². The summed E-state index contributed by atoms with van der Waals surface area (Å²) in [5.41, 5.74) is -0.552. The van der Waals surface area contributed by atoms with Gasteiger partial charge in [-0.05, 0) is 55.5 Å². The molecule has 0 radical (unpaired) electrons. The molecule has 2 aromatic carbocycles. The molecule has 4 N–H and O–H groups in total. The van der Waals surface area contributed by atoms with Gasteiger partial charge in [-0.25, -0.2) is 4.79 Å². The fraction of sp³-hybridized carbons (Fsp3) is 0.393. The summed E-state index contributed by atoms with van der Waals surface area (Å²) >= 11 is 0. The van der Waals surface area contributed by atoms with E-state index in [-0.39, 0.29) is 36.1 Å². The van der Waals surface area contributed by atoms with E-state index in [2.05, 4.69) is 15.8 Å². The van der Waals surface area contributed by atoms with Gasteiger partial charge in [0.25, 0.3) is 5.91 Å². The van der Waals surface area contributed by atoms with Gasteiger partial charge in [0.05, 0.1) is 17.2 Å². The maximum Gasteiger partial charge on any atom is 0.490 e. The maximum atomic E-state index is 13.0. The number of hydrogen-bond donors (Lipinski definition) is 4. The minimum Gasteiger partial charge on any atom is -0.475 e. The number of alkyl halides is 9. The van der Waals surface area contributed by atoms with E-state index in [9.17, 15) is 49.4 Å². The summed E-state index contributed by atoms with van der Waals surface area (Å²) in [6, 6.07) is 8.62. The topological polar surface area (TPSA) is 125 Å². The predicted molar refractivity (Wildman–Crippen MR) is 138 cm³/mol. The summed E-state index contributed by atoms with van der Waals surface area (Å²) in [5.74, 6) is -3.19. The molecular weight excluding hydrogens is 629 g/mol. The zero-order valence-corrected chi connectivity index (χ0v) is 23.0. The average Bonchev–Trinajstić information content (AvgIpc) is 3.37.